The van der Waals surface area contributed by atoms with Gasteiger partial charge in [-0.2, -0.15) is 0 Å². The third kappa shape index (κ3) is 2.72. The van der Waals surface area contributed by atoms with Gasteiger partial charge in [-0.05, 0) is 85.0 Å². The van der Waals surface area contributed by atoms with Crippen LogP contribution in [-0.4, -0.2) is 11.0 Å². The zero-order chi connectivity index (χ0) is 17.6. The van der Waals surface area contributed by atoms with Crippen LogP contribution in [0, 0.1) is 18.6 Å². The topological polar surface area (TPSA) is 27.8 Å². The molecule has 0 unspecified atom stereocenters. The number of halogens is 2. The molecule has 0 radical (unpaired) electrons. The van der Waals surface area contributed by atoms with E-state index in [2.05, 4.69) is 16.9 Å². The fraction of sp³-hybridized carbons (Fsp3) is 0.238. The Morgan fingerprint density at radius 2 is 1.88 bits per heavy atom. The van der Waals surface area contributed by atoms with Crippen LogP contribution in [0.4, 0.5) is 8.78 Å². The van der Waals surface area contributed by atoms with E-state index in [4.69, 9.17) is 0 Å². The molecule has 0 bridgehead atoms. The Bertz CT molecular complexity index is 935. The van der Waals surface area contributed by atoms with E-state index >= 15 is 0 Å². The lowest BCUT2D eigenvalue weighted by molar-refractivity contribution is 0.318. The second-order valence-electron chi connectivity index (χ2n) is 6.83. The number of fused-ring (bicyclic) bond motifs is 1. The lowest BCUT2D eigenvalue weighted by atomic mass is 9.74. The van der Waals surface area contributed by atoms with Crippen LogP contribution >= 0.6 is 0 Å². The van der Waals surface area contributed by atoms with Gasteiger partial charge in [0, 0.05) is 11.4 Å². The first-order chi connectivity index (χ1) is 12.1. The van der Waals surface area contributed by atoms with Crippen molar-refractivity contribution in [3.8, 4) is 11.3 Å². The molecular weight excluding hydrogens is 318 g/mol. The summed E-state index contributed by atoms with van der Waals surface area (Å²) < 4.78 is 27.8. The fourth-order valence-corrected chi connectivity index (χ4v) is 3.83. The molecule has 0 amide bonds. The normalized spacial score (nSPS) is 19.6. The highest BCUT2D eigenvalue weighted by Crippen LogP contribution is 2.45. The minimum atomic E-state index is -0.276. The minimum absolute atomic E-state index is 0.246. The lowest BCUT2D eigenvalue weighted by Crippen LogP contribution is -2.37. The van der Waals surface area contributed by atoms with E-state index in [1.165, 1.54) is 12.1 Å². The third-order valence-electron chi connectivity index (χ3n) is 5.08. The van der Waals surface area contributed by atoms with Gasteiger partial charge in [0.25, 0.3) is 0 Å². The number of aromatic amines is 1. The number of aryl methyl sites for hydroxylation is 1. The number of H-pyrrole nitrogens is 1. The fourth-order valence-electron chi connectivity index (χ4n) is 3.83. The van der Waals surface area contributed by atoms with Gasteiger partial charge in [-0.15, -0.1) is 0 Å². The molecule has 1 aliphatic rings. The molecule has 1 aliphatic carbocycles. The Hall–Kier alpha value is -2.62. The van der Waals surface area contributed by atoms with E-state index in [0.717, 1.165) is 40.6 Å². The highest BCUT2D eigenvalue weighted by Gasteiger charge is 2.34. The van der Waals surface area contributed by atoms with E-state index < -0.39 is 0 Å². The van der Waals surface area contributed by atoms with Crippen LogP contribution in [-0.2, 0) is 0 Å². The van der Waals surface area contributed by atoms with Crippen molar-refractivity contribution in [2.75, 3.05) is 0 Å². The van der Waals surface area contributed by atoms with Gasteiger partial charge in [-0.3, -0.25) is 0 Å². The van der Waals surface area contributed by atoms with Crippen LogP contribution in [0.2, 0.25) is 0 Å². The first kappa shape index (κ1) is 15.9. The molecule has 2 nitrogen and oxygen atoms in total. The van der Waals surface area contributed by atoms with Gasteiger partial charge in [0.15, 0.2) is 0 Å². The molecule has 4 heteroatoms. The summed E-state index contributed by atoms with van der Waals surface area (Å²) >= 11 is 0. The maximum atomic E-state index is 14.5. The van der Waals surface area contributed by atoms with Crippen molar-refractivity contribution in [2.45, 2.75) is 31.7 Å². The maximum absolute atomic E-state index is 14.5. The molecule has 0 atom stereocenters. The van der Waals surface area contributed by atoms with Crippen molar-refractivity contribution >= 4 is 10.9 Å². The number of aromatic nitrogens is 1. The monoisotopic (exact) mass is 338 g/mol. The molecule has 25 heavy (non-hydrogen) atoms. The third-order valence-corrected chi connectivity index (χ3v) is 5.08. The zero-order valence-electron chi connectivity index (χ0n) is 14.1. The highest BCUT2D eigenvalue weighted by molar-refractivity contribution is 5.92. The van der Waals surface area contributed by atoms with Crippen LogP contribution in [0.1, 0.15) is 29.9 Å². The van der Waals surface area contributed by atoms with Crippen molar-refractivity contribution in [2.24, 2.45) is 0 Å². The van der Waals surface area contributed by atoms with E-state index in [0.29, 0.717) is 17.5 Å². The Kier molecular flexibility index (Phi) is 3.83. The Morgan fingerprint density at radius 1 is 1.16 bits per heavy atom. The summed E-state index contributed by atoms with van der Waals surface area (Å²) in [6.45, 7) is 5.62. The number of rotatable bonds is 4. The van der Waals surface area contributed by atoms with Gasteiger partial charge in [0.1, 0.15) is 11.6 Å². The standard InChI is InChI=1S/C21H20F2N2/c1-3-24-16-10-14(11-16)19-17-8-12(2)9-18(23)21(17)25-20(19)13-4-6-15(22)7-5-13/h3-9,14,16,24-25H,1,10-11H2,2H3. The molecule has 0 saturated heterocycles. The number of benzene rings is 2. The van der Waals surface area contributed by atoms with Crippen LogP contribution in [0.3, 0.4) is 0 Å². The summed E-state index contributed by atoms with van der Waals surface area (Å²) in [5, 5.41) is 4.17. The maximum Gasteiger partial charge on any atom is 0.147 e. The molecule has 2 aromatic carbocycles. The average Bonchev–Trinajstić information content (AvgIpc) is 2.90. The molecular formula is C21H20F2N2. The molecule has 0 aliphatic heterocycles. The number of hydrogen-bond donors (Lipinski definition) is 2. The molecule has 2 N–H and O–H groups in total. The van der Waals surface area contributed by atoms with E-state index in [1.807, 2.05) is 13.0 Å². The molecule has 1 fully saturated rings. The summed E-state index contributed by atoms with van der Waals surface area (Å²) in [4.78, 5) is 3.25. The number of nitrogens with one attached hydrogen (secondary N) is 2. The highest BCUT2D eigenvalue weighted by atomic mass is 19.1. The van der Waals surface area contributed by atoms with Crippen LogP contribution in [0.25, 0.3) is 22.2 Å². The average molecular weight is 338 g/mol. The lowest BCUT2D eigenvalue weighted by Gasteiger charge is -2.36. The molecule has 128 valence electrons. The Balaban J connectivity index is 1.86. The first-order valence-electron chi connectivity index (χ1n) is 8.51. The van der Waals surface area contributed by atoms with Gasteiger partial charge in [-0.1, -0.05) is 6.58 Å². The molecule has 1 saturated carbocycles. The predicted octanol–water partition coefficient (Wildman–Crippen LogP) is 5.40. The zero-order valence-corrected chi connectivity index (χ0v) is 14.1. The van der Waals surface area contributed by atoms with Crippen molar-refractivity contribution in [1.29, 1.82) is 0 Å². The second-order valence-corrected chi connectivity index (χ2v) is 6.83. The second kappa shape index (κ2) is 6.03. The SMILES string of the molecule is C=CNC1CC(c2c(-c3ccc(F)cc3)[nH]c3c(F)cc(C)cc23)C1. The molecule has 3 aromatic rings. The Labute approximate surface area is 145 Å². The summed E-state index contributed by atoms with van der Waals surface area (Å²) in [7, 11) is 0. The molecule has 1 heterocycles. The van der Waals surface area contributed by atoms with E-state index in [9.17, 15) is 8.78 Å². The van der Waals surface area contributed by atoms with Crippen molar-refractivity contribution in [3.63, 3.8) is 0 Å². The van der Waals surface area contributed by atoms with E-state index in [1.54, 1.807) is 24.4 Å². The van der Waals surface area contributed by atoms with Gasteiger partial charge < -0.3 is 10.3 Å². The predicted molar refractivity (Wildman–Crippen MR) is 97.5 cm³/mol. The van der Waals surface area contributed by atoms with Crippen LogP contribution in [0.5, 0.6) is 0 Å². The number of hydrogen-bond acceptors (Lipinski definition) is 1. The van der Waals surface area contributed by atoms with Crippen molar-refractivity contribution in [3.05, 3.63) is 71.9 Å². The van der Waals surface area contributed by atoms with Crippen molar-refractivity contribution < 1.29 is 8.78 Å². The summed E-state index contributed by atoms with van der Waals surface area (Å²) in [5.41, 5.74) is 4.33. The first-order valence-corrected chi connectivity index (χ1v) is 8.51. The van der Waals surface area contributed by atoms with Crippen LogP contribution in [0.15, 0.2) is 49.2 Å². The minimum Gasteiger partial charge on any atom is -0.389 e. The van der Waals surface area contributed by atoms with Crippen LogP contribution < -0.4 is 5.32 Å². The summed E-state index contributed by atoms with van der Waals surface area (Å²) in [6, 6.07) is 10.3. The quantitative estimate of drug-likeness (QED) is 0.655. The molecule has 4 rings (SSSR count). The van der Waals surface area contributed by atoms with Crippen molar-refractivity contribution in [1.82, 2.24) is 10.3 Å². The summed E-state index contributed by atoms with van der Waals surface area (Å²) in [6.07, 6.45) is 3.67. The van der Waals surface area contributed by atoms with Gasteiger partial charge in [0.2, 0.25) is 0 Å². The Morgan fingerprint density at radius 3 is 2.56 bits per heavy atom. The summed E-state index contributed by atoms with van der Waals surface area (Å²) in [5.74, 6) is -0.181. The van der Waals surface area contributed by atoms with Gasteiger partial charge in [0.05, 0.1) is 11.2 Å². The van der Waals surface area contributed by atoms with E-state index in [-0.39, 0.29) is 11.6 Å². The van der Waals surface area contributed by atoms with Gasteiger partial charge in [-0.25, -0.2) is 8.78 Å². The molecule has 1 aromatic heterocycles. The molecule has 0 spiro atoms. The largest absolute Gasteiger partial charge is 0.389 e. The smallest absolute Gasteiger partial charge is 0.147 e. The van der Waals surface area contributed by atoms with Gasteiger partial charge >= 0.3 is 0 Å².